The predicted molar refractivity (Wildman–Crippen MR) is 122 cm³/mol. The number of hydrogen-bond acceptors (Lipinski definition) is 5. The second kappa shape index (κ2) is 11.8. The summed E-state index contributed by atoms with van der Waals surface area (Å²) in [5.41, 5.74) is 2.30. The Kier molecular flexibility index (Phi) is 9.76. The molecule has 0 spiro atoms. The van der Waals surface area contributed by atoms with Crippen molar-refractivity contribution < 1.29 is 14.2 Å². The molecule has 2 saturated heterocycles. The zero-order valence-electron chi connectivity index (χ0n) is 17.1. The number of morpholine rings is 1. The van der Waals surface area contributed by atoms with Gasteiger partial charge in [-0.15, -0.1) is 24.0 Å². The molecule has 0 bridgehead atoms. The Morgan fingerprint density at radius 1 is 1.32 bits per heavy atom. The minimum Gasteiger partial charge on any atom is -0.488 e. The lowest BCUT2D eigenvalue weighted by molar-refractivity contribution is -0.0161. The number of guanidine groups is 1. The molecule has 7 nitrogen and oxygen atoms in total. The van der Waals surface area contributed by atoms with Crippen LogP contribution in [0, 0.1) is 6.92 Å². The highest BCUT2D eigenvalue weighted by Crippen LogP contribution is 2.23. The number of nitrogens with one attached hydrogen (secondary N) is 2. The number of likely N-dealkylation sites (N-methyl/N-ethyl adjacent to an activating group) is 1. The van der Waals surface area contributed by atoms with Crippen molar-refractivity contribution >= 4 is 29.9 Å². The van der Waals surface area contributed by atoms with E-state index >= 15 is 0 Å². The van der Waals surface area contributed by atoms with Gasteiger partial charge in [0.1, 0.15) is 11.9 Å². The van der Waals surface area contributed by atoms with Crippen molar-refractivity contribution in [2.45, 2.75) is 32.1 Å². The molecule has 0 saturated carbocycles. The van der Waals surface area contributed by atoms with Crippen molar-refractivity contribution in [3.8, 4) is 5.75 Å². The summed E-state index contributed by atoms with van der Waals surface area (Å²) in [6, 6.07) is 6.31. The molecule has 2 aliphatic rings. The van der Waals surface area contributed by atoms with Crippen LogP contribution in [-0.2, 0) is 16.0 Å². The number of ether oxygens (including phenoxy) is 3. The van der Waals surface area contributed by atoms with Gasteiger partial charge in [0, 0.05) is 45.2 Å². The fourth-order valence-corrected chi connectivity index (χ4v) is 3.30. The standard InChI is InChI=1S/C20H32N4O3.HI/c1-15-4-5-16(19(10-15)27-17-6-8-25-14-17)11-22-20(21-2)23-12-18-13-24(3)7-9-26-18;/h4-5,10,17-18H,6-9,11-14H2,1-3H3,(H2,21,22,23);1H. The molecular weight excluding hydrogens is 471 g/mol. The molecule has 8 heteroatoms. The van der Waals surface area contributed by atoms with E-state index in [1.807, 2.05) is 0 Å². The van der Waals surface area contributed by atoms with Crippen molar-refractivity contribution in [3.05, 3.63) is 29.3 Å². The summed E-state index contributed by atoms with van der Waals surface area (Å²) < 4.78 is 17.4. The van der Waals surface area contributed by atoms with E-state index in [-0.39, 0.29) is 36.2 Å². The van der Waals surface area contributed by atoms with Crippen molar-refractivity contribution in [1.29, 1.82) is 0 Å². The van der Waals surface area contributed by atoms with Crippen LogP contribution in [0.25, 0.3) is 0 Å². The fraction of sp³-hybridized carbons (Fsp3) is 0.650. The lowest BCUT2D eigenvalue weighted by Crippen LogP contribution is -2.48. The first-order valence-electron chi connectivity index (χ1n) is 9.72. The maximum atomic E-state index is 6.17. The molecule has 0 aliphatic carbocycles. The van der Waals surface area contributed by atoms with Gasteiger partial charge in [-0.05, 0) is 25.6 Å². The van der Waals surface area contributed by atoms with Crippen LogP contribution in [0.2, 0.25) is 0 Å². The fourth-order valence-electron chi connectivity index (χ4n) is 3.30. The van der Waals surface area contributed by atoms with Crippen LogP contribution in [0.4, 0.5) is 0 Å². The topological polar surface area (TPSA) is 67.4 Å². The Balaban J connectivity index is 0.00000280. The van der Waals surface area contributed by atoms with Crippen LogP contribution in [0.1, 0.15) is 17.5 Å². The van der Waals surface area contributed by atoms with Gasteiger partial charge in [0.25, 0.3) is 0 Å². The van der Waals surface area contributed by atoms with Gasteiger partial charge >= 0.3 is 0 Å². The van der Waals surface area contributed by atoms with Crippen LogP contribution in [0.15, 0.2) is 23.2 Å². The highest BCUT2D eigenvalue weighted by atomic mass is 127. The minimum absolute atomic E-state index is 0. The van der Waals surface area contributed by atoms with Crippen LogP contribution < -0.4 is 15.4 Å². The van der Waals surface area contributed by atoms with E-state index in [0.717, 1.165) is 56.5 Å². The molecule has 1 aromatic rings. The van der Waals surface area contributed by atoms with E-state index in [0.29, 0.717) is 13.2 Å². The van der Waals surface area contributed by atoms with E-state index < -0.39 is 0 Å². The number of nitrogens with zero attached hydrogens (tertiary/aromatic N) is 2. The lowest BCUT2D eigenvalue weighted by atomic mass is 10.1. The van der Waals surface area contributed by atoms with Crippen LogP contribution >= 0.6 is 24.0 Å². The predicted octanol–water partition coefficient (Wildman–Crippen LogP) is 1.78. The van der Waals surface area contributed by atoms with Gasteiger partial charge in [0.05, 0.1) is 25.9 Å². The van der Waals surface area contributed by atoms with Gasteiger partial charge in [-0.25, -0.2) is 0 Å². The third-order valence-electron chi connectivity index (χ3n) is 4.91. The molecule has 2 unspecified atom stereocenters. The lowest BCUT2D eigenvalue weighted by Gasteiger charge is -2.30. The molecule has 2 fully saturated rings. The maximum absolute atomic E-state index is 6.17. The van der Waals surface area contributed by atoms with E-state index in [9.17, 15) is 0 Å². The first kappa shape index (κ1) is 23.2. The number of aliphatic imine (C=N–C) groups is 1. The van der Waals surface area contributed by atoms with E-state index in [2.05, 4.69) is 52.7 Å². The molecular formula is C20H33IN4O3. The normalized spacial score (nSPS) is 23.2. The molecule has 28 heavy (non-hydrogen) atoms. The summed E-state index contributed by atoms with van der Waals surface area (Å²) in [6.07, 6.45) is 1.27. The SMILES string of the molecule is CN=C(NCc1ccc(C)cc1OC1CCOC1)NCC1CN(C)CCO1.I. The molecule has 0 radical (unpaired) electrons. The smallest absolute Gasteiger partial charge is 0.191 e. The third-order valence-corrected chi connectivity index (χ3v) is 4.91. The molecule has 0 aromatic heterocycles. The number of benzene rings is 1. The van der Waals surface area contributed by atoms with Crippen molar-refractivity contribution in [2.24, 2.45) is 4.99 Å². The first-order chi connectivity index (χ1) is 13.1. The third kappa shape index (κ3) is 7.06. The van der Waals surface area contributed by atoms with Crippen LogP contribution in [0.5, 0.6) is 5.75 Å². The van der Waals surface area contributed by atoms with E-state index in [1.165, 1.54) is 5.56 Å². The molecule has 2 heterocycles. The summed E-state index contributed by atoms with van der Waals surface area (Å²) in [5, 5.41) is 6.74. The van der Waals surface area contributed by atoms with Gasteiger partial charge in [0.15, 0.2) is 5.96 Å². The van der Waals surface area contributed by atoms with Gasteiger partial charge in [0.2, 0.25) is 0 Å². The molecule has 0 amide bonds. The zero-order chi connectivity index (χ0) is 19.1. The molecule has 2 atom stereocenters. The second-order valence-electron chi connectivity index (χ2n) is 7.28. The second-order valence-corrected chi connectivity index (χ2v) is 7.28. The Labute approximate surface area is 185 Å². The minimum atomic E-state index is 0. The van der Waals surface area contributed by atoms with Crippen molar-refractivity contribution in [2.75, 3.05) is 53.6 Å². The number of aryl methyl sites for hydroxylation is 1. The Morgan fingerprint density at radius 2 is 2.18 bits per heavy atom. The molecule has 3 rings (SSSR count). The summed E-state index contributed by atoms with van der Waals surface area (Å²) >= 11 is 0. The Morgan fingerprint density at radius 3 is 2.89 bits per heavy atom. The van der Waals surface area contributed by atoms with Gasteiger partial charge in [-0.3, -0.25) is 4.99 Å². The number of halogens is 1. The maximum Gasteiger partial charge on any atom is 0.191 e. The summed E-state index contributed by atoms with van der Waals surface area (Å²) in [5.74, 6) is 1.69. The summed E-state index contributed by atoms with van der Waals surface area (Å²) in [4.78, 5) is 6.61. The van der Waals surface area contributed by atoms with Gasteiger partial charge in [-0.1, -0.05) is 12.1 Å². The zero-order valence-corrected chi connectivity index (χ0v) is 19.4. The quantitative estimate of drug-likeness (QED) is 0.350. The summed E-state index contributed by atoms with van der Waals surface area (Å²) in [6.45, 7) is 7.61. The Hall–Kier alpha value is -1.10. The number of rotatable bonds is 6. The summed E-state index contributed by atoms with van der Waals surface area (Å²) in [7, 11) is 3.91. The first-order valence-corrected chi connectivity index (χ1v) is 9.72. The van der Waals surface area contributed by atoms with Crippen molar-refractivity contribution in [3.63, 3.8) is 0 Å². The Bertz CT molecular complexity index is 638. The van der Waals surface area contributed by atoms with Gasteiger partial charge in [-0.2, -0.15) is 0 Å². The molecule has 158 valence electrons. The van der Waals surface area contributed by atoms with Crippen LogP contribution in [0.3, 0.4) is 0 Å². The van der Waals surface area contributed by atoms with E-state index in [1.54, 1.807) is 7.05 Å². The van der Waals surface area contributed by atoms with E-state index in [4.69, 9.17) is 14.2 Å². The average Bonchev–Trinajstić information content (AvgIpc) is 3.16. The van der Waals surface area contributed by atoms with Crippen molar-refractivity contribution in [1.82, 2.24) is 15.5 Å². The highest BCUT2D eigenvalue weighted by molar-refractivity contribution is 14.0. The molecule has 2 N–H and O–H groups in total. The average molecular weight is 504 g/mol. The number of hydrogen-bond donors (Lipinski definition) is 2. The molecule has 1 aromatic carbocycles. The largest absolute Gasteiger partial charge is 0.488 e. The monoisotopic (exact) mass is 504 g/mol. The van der Waals surface area contributed by atoms with Gasteiger partial charge < -0.3 is 29.7 Å². The molecule has 2 aliphatic heterocycles. The highest BCUT2D eigenvalue weighted by Gasteiger charge is 2.20. The van der Waals surface area contributed by atoms with Crippen LogP contribution in [-0.4, -0.2) is 76.6 Å².